The normalized spacial score (nSPS) is 15.7. The molecule has 1 aliphatic rings. The molecular formula is C27H27Cl2Zr. The van der Waals surface area contributed by atoms with E-state index in [0.29, 0.717) is 0 Å². The zero-order valence-corrected chi connectivity index (χ0v) is 21.9. The molecule has 0 nitrogen and oxygen atoms in total. The molecule has 0 heterocycles. The Balaban J connectivity index is 2.06. The van der Waals surface area contributed by atoms with Gasteiger partial charge in [0.05, 0.1) is 0 Å². The van der Waals surface area contributed by atoms with Gasteiger partial charge in [-0.25, -0.2) is 0 Å². The predicted octanol–water partition coefficient (Wildman–Crippen LogP) is 9.09. The Bertz CT molecular complexity index is 1090. The average Bonchev–Trinajstić information content (AvgIpc) is 3.12. The molecule has 0 spiro atoms. The van der Waals surface area contributed by atoms with Crippen molar-refractivity contribution in [3.8, 4) is 22.3 Å². The summed E-state index contributed by atoms with van der Waals surface area (Å²) in [5, 5.41) is 0. The van der Waals surface area contributed by atoms with Crippen molar-refractivity contribution in [2.45, 2.75) is 43.2 Å². The van der Waals surface area contributed by atoms with Crippen molar-refractivity contribution in [1.82, 2.24) is 0 Å². The minimum absolute atomic E-state index is 0.0238. The van der Waals surface area contributed by atoms with E-state index in [4.69, 9.17) is 17.0 Å². The second kappa shape index (κ2) is 8.78. The molecule has 0 fully saturated rings. The average molecular weight is 514 g/mol. The van der Waals surface area contributed by atoms with Gasteiger partial charge in [-0.2, -0.15) is 0 Å². The standard InChI is InChI=1S/C27H27.2ClH.Zr/c1-5-19-17-21-15-16-25(27(2,3)4)26(24(21)18-19)23-14-10-9-13-22(23)20-11-7-6-8-12-20;;;/h6-18H,5H2,1-4H3;2*1H;/q;;;+2/p-2. The van der Waals surface area contributed by atoms with Crippen molar-refractivity contribution in [2.24, 2.45) is 0 Å². The molecule has 1 unspecified atom stereocenters. The fraction of sp³-hybridized carbons (Fsp3) is 0.259. The van der Waals surface area contributed by atoms with Gasteiger partial charge in [0.15, 0.2) is 0 Å². The van der Waals surface area contributed by atoms with Crippen LogP contribution in [0.3, 0.4) is 0 Å². The molecule has 0 N–H and O–H groups in total. The van der Waals surface area contributed by atoms with Gasteiger partial charge in [-0.05, 0) is 0 Å². The monoisotopic (exact) mass is 511 g/mol. The Kier molecular flexibility index (Phi) is 6.46. The van der Waals surface area contributed by atoms with Crippen LogP contribution in [0.5, 0.6) is 0 Å². The third-order valence-electron chi connectivity index (χ3n) is 6.01. The van der Waals surface area contributed by atoms with E-state index in [2.05, 4.69) is 101 Å². The number of allylic oxidation sites excluding steroid dienone is 1. The van der Waals surface area contributed by atoms with Crippen LogP contribution in [0.2, 0.25) is 0 Å². The summed E-state index contributed by atoms with van der Waals surface area (Å²) < 4.78 is 0.257. The van der Waals surface area contributed by atoms with Gasteiger partial charge in [0.1, 0.15) is 0 Å². The molecule has 3 heteroatoms. The van der Waals surface area contributed by atoms with Crippen LogP contribution in [0.4, 0.5) is 0 Å². The van der Waals surface area contributed by atoms with Gasteiger partial charge in [-0.15, -0.1) is 0 Å². The quantitative estimate of drug-likeness (QED) is 0.326. The zero-order chi connectivity index (χ0) is 21.5. The number of rotatable bonds is 4. The SMILES string of the molecule is CCC1=Cc2c(ccc(C(C)(C)C)c2-c2ccccc2-c2ccccc2)[CH]1[Zr]([Cl])[Cl]. The molecule has 4 rings (SSSR count). The molecule has 0 aliphatic heterocycles. The van der Waals surface area contributed by atoms with Gasteiger partial charge in [-0.3, -0.25) is 0 Å². The molecule has 0 radical (unpaired) electrons. The summed E-state index contributed by atoms with van der Waals surface area (Å²) in [7, 11) is 13.3. The Labute approximate surface area is 195 Å². The van der Waals surface area contributed by atoms with Crippen molar-refractivity contribution >= 4 is 23.1 Å². The van der Waals surface area contributed by atoms with Crippen LogP contribution in [0.1, 0.15) is 54.4 Å². The van der Waals surface area contributed by atoms with E-state index in [1.165, 1.54) is 44.5 Å². The summed E-state index contributed by atoms with van der Waals surface area (Å²) >= 11 is -2.51. The second-order valence-electron chi connectivity index (χ2n) is 8.95. The third-order valence-corrected chi connectivity index (χ3v) is 11.3. The summed E-state index contributed by atoms with van der Waals surface area (Å²) in [5.74, 6) is 0. The molecule has 0 bridgehead atoms. The van der Waals surface area contributed by atoms with Gasteiger partial charge in [0.2, 0.25) is 0 Å². The Morgan fingerprint density at radius 2 is 1.47 bits per heavy atom. The number of hydrogen-bond acceptors (Lipinski definition) is 0. The van der Waals surface area contributed by atoms with Crippen molar-refractivity contribution in [3.63, 3.8) is 0 Å². The first-order valence-electron chi connectivity index (χ1n) is 10.5. The van der Waals surface area contributed by atoms with Crippen LogP contribution < -0.4 is 0 Å². The Morgan fingerprint density at radius 1 is 0.833 bits per heavy atom. The van der Waals surface area contributed by atoms with Crippen LogP contribution >= 0.6 is 17.0 Å². The summed E-state index contributed by atoms with van der Waals surface area (Å²) in [6.07, 6.45) is 3.38. The maximum atomic E-state index is 6.66. The molecule has 0 saturated carbocycles. The fourth-order valence-electron chi connectivity index (χ4n) is 4.56. The zero-order valence-electron chi connectivity index (χ0n) is 18.0. The van der Waals surface area contributed by atoms with Gasteiger partial charge in [-0.1, -0.05) is 0 Å². The van der Waals surface area contributed by atoms with E-state index < -0.39 is 19.4 Å². The minimum atomic E-state index is -2.51. The number of halogens is 2. The molecule has 1 aliphatic carbocycles. The first-order chi connectivity index (χ1) is 14.3. The van der Waals surface area contributed by atoms with Crippen LogP contribution in [0.15, 0.2) is 72.3 Å². The predicted molar refractivity (Wildman–Crippen MR) is 129 cm³/mol. The molecule has 3 aromatic rings. The van der Waals surface area contributed by atoms with Crippen molar-refractivity contribution in [1.29, 1.82) is 0 Å². The molecule has 0 aromatic heterocycles. The van der Waals surface area contributed by atoms with Crippen molar-refractivity contribution in [2.75, 3.05) is 0 Å². The van der Waals surface area contributed by atoms with E-state index in [0.717, 1.165) is 6.42 Å². The summed E-state index contributed by atoms with van der Waals surface area (Å²) in [5.41, 5.74) is 10.6. The number of benzene rings is 3. The van der Waals surface area contributed by atoms with Gasteiger partial charge in [0, 0.05) is 0 Å². The molecule has 0 amide bonds. The Morgan fingerprint density at radius 3 is 2.07 bits per heavy atom. The topological polar surface area (TPSA) is 0 Å². The maximum absolute atomic E-state index is 6.66. The van der Waals surface area contributed by atoms with Crippen molar-refractivity contribution < 1.29 is 19.4 Å². The molecule has 0 saturated heterocycles. The second-order valence-corrected chi connectivity index (χ2v) is 17.8. The first-order valence-corrected chi connectivity index (χ1v) is 18.3. The summed E-state index contributed by atoms with van der Waals surface area (Å²) in [6, 6.07) is 24.1. The van der Waals surface area contributed by atoms with Crippen LogP contribution in [-0.4, -0.2) is 0 Å². The fourth-order valence-corrected chi connectivity index (χ4v) is 10.2. The van der Waals surface area contributed by atoms with Crippen LogP contribution in [-0.2, 0) is 24.8 Å². The van der Waals surface area contributed by atoms with E-state index in [1.54, 1.807) is 0 Å². The molecule has 30 heavy (non-hydrogen) atoms. The third kappa shape index (κ3) is 4.02. The van der Waals surface area contributed by atoms with E-state index in [-0.39, 0.29) is 9.04 Å². The van der Waals surface area contributed by atoms with Crippen LogP contribution in [0, 0.1) is 0 Å². The Hall–Kier alpha value is -1.14. The molecule has 1 atom stereocenters. The number of hydrogen-bond donors (Lipinski definition) is 0. The summed E-state index contributed by atoms with van der Waals surface area (Å²) in [4.78, 5) is 0. The van der Waals surface area contributed by atoms with E-state index >= 15 is 0 Å². The van der Waals surface area contributed by atoms with Gasteiger partial charge >= 0.3 is 197 Å². The number of fused-ring (bicyclic) bond motifs is 1. The summed E-state index contributed by atoms with van der Waals surface area (Å²) in [6.45, 7) is 9.10. The molecular weight excluding hydrogens is 486 g/mol. The van der Waals surface area contributed by atoms with Gasteiger partial charge in [0.25, 0.3) is 0 Å². The van der Waals surface area contributed by atoms with E-state index in [9.17, 15) is 0 Å². The molecule has 153 valence electrons. The van der Waals surface area contributed by atoms with Crippen LogP contribution in [0.25, 0.3) is 28.3 Å². The van der Waals surface area contributed by atoms with Gasteiger partial charge < -0.3 is 0 Å². The molecule has 3 aromatic carbocycles. The van der Waals surface area contributed by atoms with Crippen molar-refractivity contribution in [3.05, 3.63) is 89.0 Å². The first kappa shape index (κ1) is 22.1. The van der Waals surface area contributed by atoms with E-state index in [1.807, 2.05) is 0 Å².